The van der Waals surface area contributed by atoms with Crippen molar-refractivity contribution in [3.63, 3.8) is 0 Å². The van der Waals surface area contributed by atoms with Crippen LogP contribution in [0, 0.1) is 11.3 Å². The molecular weight excluding hydrogens is 316 g/mol. The fraction of sp³-hybridized carbons (Fsp3) is 0.500. The van der Waals surface area contributed by atoms with Crippen molar-refractivity contribution >= 4 is 12.0 Å². The smallest absolute Gasteiger partial charge is 0.264 e. The zero-order valence-corrected chi connectivity index (χ0v) is 15.1. The third-order valence-electron chi connectivity index (χ3n) is 4.08. The lowest BCUT2D eigenvalue weighted by atomic mass is 10.1. The highest BCUT2D eigenvalue weighted by atomic mass is 16.5. The molecule has 0 atom stereocenters. The van der Waals surface area contributed by atoms with Gasteiger partial charge in [-0.25, -0.2) is 0 Å². The van der Waals surface area contributed by atoms with Crippen LogP contribution in [0.5, 0.6) is 11.5 Å². The molecular formula is C20H26N2O3. The van der Waals surface area contributed by atoms with E-state index in [-0.39, 0.29) is 11.5 Å². The SMILES string of the molecule is CCCCOc1ccc(/C=C(\C#N)C(=O)N2CCCC2)cc1OCC. The number of ether oxygens (including phenoxy) is 2. The number of nitrogens with zero attached hydrogens (tertiary/aromatic N) is 2. The number of benzene rings is 1. The van der Waals surface area contributed by atoms with Gasteiger partial charge in [-0.15, -0.1) is 0 Å². The summed E-state index contributed by atoms with van der Waals surface area (Å²) in [5.41, 5.74) is 0.916. The standard InChI is InChI=1S/C20H26N2O3/c1-3-5-12-25-18-9-8-16(14-19(18)24-4-2)13-17(15-21)20(23)22-10-6-7-11-22/h8-9,13-14H,3-7,10-12H2,1-2H3/b17-13+. The van der Waals surface area contributed by atoms with Crippen molar-refractivity contribution in [1.82, 2.24) is 4.90 Å². The fourth-order valence-corrected chi connectivity index (χ4v) is 2.73. The number of rotatable bonds is 8. The lowest BCUT2D eigenvalue weighted by Crippen LogP contribution is -2.28. The minimum Gasteiger partial charge on any atom is -0.490 e. The number of nitriles is 1. The highest BCUT2D eigenvalue weighted by Crippen LogP contribution is 2.30. The van der Waals surface area contributed by atoms with Gasteiger partial charge in [0, 0.05) is 13.1 Å². The number of likely N-dealkylation sites (tertiary alicyclic amines) is 1. The average molecular weight is 342 g/mol. The Labute approximate surface area is 149 Å². The van der Waals surface area contributed by atoms with Gasteiger partial charge in [-0.2, -0.15) is 5.26 Å². The molecule has 0 unspecified atom stereocenters. The summed E-state index contributed by atoms with van der Waals surface area (Å²) in [4.78, 5) is 14.1. The summed E-state index contributed by atoms with van der Waals surface area (Å²) in [6.45, 7) is 6.65. The number of carbonyl (C=O) groups excluding carboxylic acids is 1. The molecule has 1 saturated heterocycles. The Bertz CT molecular complexity index is 655. The minimum absolute atomic E-state index is 0.156. The highest BCUT2D eigenvalue weighted by Gasteiger charge is 2.21. The van der Waals surface area contributed by atoms with Crippen molar-refractivity contribution in [3.05, 3.63) is 29.3 Å². The quantitative estimate of drug-likeness (QED) is 0.410. The van der Waals surface area contributed by atoms with E-state index in [9.17, 15) is 10.1 Å². The van der Waals surface area contributed by atoms with Crippen molar-refractivity contribution in [3.8, 4) is 17.6 Å². The lowest BCUT2D eigenvalue weighted by molar-refractivity contribution is -0.125. The molecule has 25 heavy (non-hydrogen) atoms. The number of hydrogen-bond acceptors (Lipinski definition) is 4. The van der Waals surface area contributed by atoms with Crippen LogP contribution in [0.15, 0.2) is 23.8 Å². The highest BCUT2D eigenvalue weighted by molar-refractivity contribution is 6.01. The van der Waals surface area contributed by atoms with Crippen LogP contribution >= 0.6 is 0 Å². The zero-order valence-electron chi connectivity index (χ0n) is 15.1. The van der Waals surface area contributed by atoms with Gasteiger partial charge in [-0.05, 0) is 50.0 Å². The largest absolute Gasteiger partial charge is 0.490 e. The van der Waals surface area contributed by atoms with Crippen LogP contribution in [0.2, 0.25) is 0 Å². The monoisotopic (exact) mass is 342 g/mol. The molecule has 1 amide bonds. The first kappa shape index (κ1) is 18.9. The van der Waals surface area contributed by atoms with Gasteiger partial charge in [0.05, 0.1) is 13.2 Å². The number of carbonyl (C=O) groups is 1. The lowest BCUT2D eigenvalue weighted by Gasteiger charge is -2.15. The molecule has 1 fully saturated rings. The maximum absolute atomic E-state index is 12.4. The molecule has 0 spiro atoms. The van der Waals surface area contributed by atoms with Gasteiger partial charge < -0.3 is 14.4 Å². The second kappa shape index (κ2) is 9.73. The van der Waals surface area contributed by atoms with E-state index >= 15 is 0 Å². The van der Waals surface area contributed by atoms with E-state index in [1.165, 1.54) is 0 Å². The molecule has 0 N–H and O–H groups in total. The second-order valence-corrected chi connectivity index (χ2v) is 6.01. The first-order valence-corrected chi connectivity index (χ1v) is 9.00. The molecule has 0 bridgehead atoms. The number of amides is 1. The number of unbranched alkanes of at least 4 members (excludes halogenated alkanes) is 1. The third kappa shape index (κ3) is 5.25. The molecule has 1 heterocycles. The van der Waals surface area contributed by atoms with Crippen LogP contribution in [0.25, 0.3) is 6.08 Å². The van der Waals surface area contributed by atoms with Gasteiger partial charge in [0.25, 0.3) is 5.91 Å². The second-order valence-electron chi connectivity index (χ2n) is 6.01. The van der Waals surface area contributed by atoms with Crippen LogP contribution in [0.3, 0.4) is 0 Å². The molecule has 2 rings (SSSR count). The summed E-state index contributed by atoms with van der Waals surface area (Å²) in [7, 11) is 0. The van der Waals surface area contributed by atoms with Gasteiger partial charge in [0.1, 0.15) is 11.6 Å². The Hall–Kier alpha value is -2.48. The summed E-state index contributed by atoms with van der Waals surface area (Å²) < 4.78 is 11.4. The fourth-order valence-electron chi connectivity index (χ4n) is 2.73. The normalized spacial score (nSPS) is 14.3. The van der Waals surface area contributed by atoms with E-state index in [4.69, 9.17) is 9.47 Å². The van der Waals surface area contributed by atoms with E-state index in [0.717, 1.165) is 44.3 Å². The molecule has 0 radical (unpaired) electrons. The molecule has 1 aliphatic heterocycles. The van der Waals surface area contributed by atoms with E-state index < -0.39 is 0 Å². The Morgan fingerprint density at radius 1 is 1.24 bits per heavy atom. The molecule has 5 heteroatoms. The van der Waals surface area contributed by atoms with Crippen molar-refractivity contribution in [2.24, 2.45) is 0 Å². The summed E-state index contributed by atoms with van der Waals surface area (Å²) in [5, 5.41) is 9.37. The summed E-state index contributed by atoms with van der Waals surface area (Å²) in [5.74, 6) is 1.14. The van der Waals surface area contributed by atoms with Gasteiger partial charge in [-0.3, -0.25) is 4.79 Å². The van der Waals surface area contributed by atoms with Crippen LogP contribution in [-0.4, -0.2) is 37.1 Å². The van der Waals surface area contributed by atoms with Gasteiger partial charge >= 0.3 is 0 Å². The minimum atomic E-state index is -0.193. The average Bonchev–Trinajstić information content (AvgIpc) is 3.16. The summed E-state index contributed by atoms with van der Waals surface area (Å²) >= 11 is 0. The summed E-state index contributed by atoms with van der Waals surface area (Å²) in [6.07, 6.45) is 5.68. The predicted octanol–water partition coefficient (Wildman–Crippen LogP) is 3.79. The van der Waals surface area contributed by atoms with Gasteiger partial charge in [0.2, 0.25) is 0 Å². The van der Waals surface area contributed by atoms with Crippen molar-refractivity contribution < 1.29 is 14.3 Å². The Balaban J connectivity index is 2.20. The van der Waals surface area contributed by atoms with E-state index in [0.29, 0.717) is 24.7 Å². The van der Waals surface area contributed by atoms with Crippen molar-refractivity contribution in [2.75, 3.05) is 26.3 Å². The molecule has 1 aliphatic rings. The van der Waals surface area contributed by atoms with Gasteiger partial charge in [0.15, 0.2) is 11.5 Å². The van der Waals surface area contributed by atoms with E-state index in [1.807, 2.05) is 31.2 Å². The van der Waals surface area contributed by atoms with Crippen LogP contribution < -0.4 is 9.47 Å². The van der Waals surface area contributed by atoms with E-state index in [1.54, 1.807) is 11.0 Å². The Morgan fingerprint density at radius 2 is 2.00 bits per heavy atom. The molecule has 1 aromatic carbocycles. The Kier molecular flexibility index (Phi) is 7.34. The van der Waals surface area contributed by atoms with Crippen molar-refractivity contribution in [1.29, 1.82) is 5.26 Å². The maximum atomic E-state index is 12.4. The zero-order chi connectivity index (χ0) is 18.1. The van der Waals surface area contributed by atoms with Crippen LogP contribution in [0.4, 0.5) is 0 Å². The van der Waals surface area contributed by atoms with E-state index in [2.05, 4.69) is 6.92 Å². The van der Waals surface area contributed by atoms with Gasteiger partial charge in [-0.1, -0.05) is 19.4 Å². The molecule has 0 aromatic heterocycles. The molecule has 5 nitrogen and oxygen atoms in total. The third-order valence-corrected chi connectivity index (χ3v) is 4.08. The Morgan fingerprint density at radius 3 is 2.64 bits per heavy atom. The van der Waals surface area contributed by atoms with Crippen molar-refractivity contribution in [2.45, 2.75) is 39.5 Å². The predicted molar refractivity (Wildman–Crippen MR) is 97.4 cm³/mol. The molecule has 134 valence electrons. The maximum Gasteiger partial charge on any atom is 0.264 e. The van der Waals surface area contributed by atoms with Crippen LogP contribution in [-0.2, 0) is 4.79 Å². The molecule has 0 aliphatic carbocycles. The first-order chi connectivity index (χ1) is 12.2. The number of hydrogen-bond donors (Lipinski definition) is 0. The summed E-state index contributed by atoms with van der Waals surface area (Å²) in [6, 6.07) is 7.53. The molecule has 0 saturated carbocycles. The topological polar surface area (TPSA) is 62.6 Å². The molecule has 1 aromatic rings. The first-order valence-electron chi connectivity index (χ1n) is 9.00. The van der Waals surface area contributed by atoms with Crippen LogP contribution in [0.1, 0.15) is 45.1 Å².